The number of nitrogens with zero attached hydrogens (tertiary/aromatic N) is 2. The lowest BCUT2D eigenvalue weighted by Gasteiger charge is -2.18. The smallest absolute Gasteiger partial charge is 0.247 e. The topological polar surface area (TPSA) is 60.2 Å². The van der Waals surface area contributed by atoms with Gasteiger partial charge in [-0.3, -0.25) is 0 Å². The molecule has 0 unspecified atom stereocenters. The molecule has 0 aliphatic rings. The number of ether oxygens (including phenoxy) is 1. The third kappa shape index (κ3) is 4.22. The molecule has 7 heteroatoms. The lowest BCUT2D eigenvalue weighted by Crippen LogP contribution is -2.13. The Balaban J connectivity index is 1.75. The van der Waals surface area contributed by atoms with Crippen LogP contribution in [0.15, 0.2) is 77.2 Å². The summed E-state index contributed by atoms with van der Waals surface area (Å²) in [5, 5.41) is 11.9. The first-order chi connectivity index (χ1) is 14.1. The van der Waals surface area contributed by atoms with Crippen LogP contribution in [0.4, 0.5) is 10.1 Å². The highest BCUT2D eigenvalue weighted by molar-refractivity contribution is 6.31. The van der Waals surface area contributed by atoms with Gasteiger partial charge in [0.1, 0.15) is 17.6 Å². The van der Waals surface area contributed by atoms with Gasteiger partial charge in [0.15, 0.2) is 0 Å². The Hall–Kier alpha value is -3.38. The van der Waals surface area contributed by atoms with Gasteiger partial charge in [-0.2, -0.15) is 0 Å². The van der Waals surface area contributed by atoms with Crippen molar-refractivity contribution in [2.24, 2.45) is 0 Å². The number of hydrogen-bond donors (Lipinski definition) is 1. The minimum absolute atomic E-state index is 0.254. The van der Waals surface area contributed by atoms with Crippen molar-refractivity contribution >= 4 is 17.3 Å². The molecule has 0 saturated carbocycles. The Labute approximate surface area is 172 Å². The summed E-state index contributed by atoms with van der Waals surface area (Å²) in [6.45, 7) is 0. The zero-order chi connectivity index (χ0) is 20.2. The van der Waals surface area contributed by atoms with E-state index in [-0.39, 0.29) is 5.02 Å². The second-order valence-corrected chi connectivity index (χ2v) is 6.69. The summed E-state index contributed by atoms with van der Waals surface area (Å²) in [6.07, 6.45) is 0. The summed E-state index contributed by atoms with van der Waals surface area (Å²) in [5.74, 6) is 0.959. The highest BCUT2D eigenvalue weighted by Gasteiger charge is 2.24. The van der Waals surface area contributed by atoms with Crippen molar-refractivity contribution in [2.45, 2.75) is 6.04 Å². The molecule has 0 aliphatic carbocycles. The maximum absolute atomic E-state index is 13.6. The van der Waals surface area contributed by atoms with Crippen molar-refractivity contribution in [3.05, 3.63) is 95.1 Å². The number of nitrogens with one attached hydrogen (secondary N) is 1. The summed E-state index contributed by atoms with van der Waals surface area (Å²) >= 11 is 6.33. The Kier molecular flexibility index (Phi) is 5.44. The highest BCUT2D eigenvalue weighted by Crippen LogP contribution is 2.33. The van der Waals surface area contributed by atoms with E-state index in [0.717, 1.165) is 11.3 Å². The van der Waals surface area contributed by atoms with Crippen LogP contribution < -0.4 is 10.1 Å². The molecule has 3 aromatic carbocycles. The molecule has 1 heterocycles. The van der Waals surface area contributed by atoms with E-state index < -0.39 is 11.9 Å². The van der Waals surface area contributed by atoms with E-state index in [1.165, 1.54) is 12.1 Å². The summed E-state index contributed by atoms with van der Waals surface area (Å²) < 4.78 is 24.8. The predicted molar refractivity (Wildman–Crippen MR) is 110 cm³/mol. The van der Waals surface area contributed by atoms with Crippen LogP contribution in [0.1, 0.15) is 17.5 Å². The molecule has 4 aromatic rings. The molecule has 146 valence electrons. The maximum Gasteiger partial charge on any atom is 0.247 e. The van der Waals surface area contributed by atoms with Crippen molar-refractivity contribution < 1.29 is 13.5 Å². The second-order valence-electron chi connectivity index (χ2n) is 6.29. The van der Waals surface area contributed by atoms with Crippen molar-refractivity contribution in [3.63, 3.8) is 0 Å². The lowest BCUT2D eigenvalue weighted by molar-refractivity contribution is 0.415. The summed E-state index contributed by atoms with van der Waals surface area (Å²) in [6, 6.07) is 20.5. The fourth-order valence-corrected chi connectivity index (χ4v) is 3.21. The van der Waals surface area contributed by atoms with Gasteiger partial charge >= 0.3 is 0 Å². The molecule has 1 N–H and O–H groups in total. The zero-order valence-electron chi connectivity index (χ0n) is 15.5. The van der Waals surface area contributed by atoms with Crippen LogP contribution in [-0.2, 0) is 0 Å². The van der Waals surface area contributed by atoms with E-state index >= 15 is 0 Å². The molecule has 1 atom stereocenters. The third-order valence-electron chi connectivity index (χ3n) is 4.36. The average molecular weight is 410 g/mol. The van der Waals surface area contributed by atoms with Crippen LogP contribution in [0.5, 0.6) is 5.75 Å². The van der Waals surface area contributed by atoms with Gasteiger partial charge in [0.2, 0.25) is 11.8 Å². The predicted octanol–water partition coefficient (Wildman–Crippen LogP) is 5.74. The SMILES string of the molecule is COc1cccc(N[C@@H](c2nnc(-c3ccccc3)o2)c2ccc(F)cc2Cl)c1. The Morgan fingerprint density at radius 1 is 1.00 bits per heavy atom. The number of benzene rings is 3. The number of aromatic nitrogens is 2. The summed E-state index contributed by atoms with van der Waals surface area (Å²) in [5.41, 5.74) is 2.17. The molecule has 0 amide bonds. The van der Waals surface area contributed by atoms with E-state index in [1.807, 2.05) is 54.6 Å². The van der Waals surface area contributed by atoms with Crippen LogP contribution in [0, 0.1) is 5.82 Å². The molecule has 4 rings (SSSR count). The van der Waals surface area contributed by atoms with E-state index in [1.54, 1.807) is 13.2 Å². The first-order valence-corrected chi connectivity index (χ1v) is 9.26. The summed E-state index contributed by atoms with van der Waals surface area (Å²) in [4.78, 5) is 0. The largest absolute Gasteiger partial charge is 0.497 e. The number of methoxy groups -OCH3 is 1. The Morgan fingerprint density at radius 2 is 1.83 bits per heavy atom. The highest BCUT2D eigenvalue weighted by atomic mass is 35.5. The van der Waals surface area contributed by atoms with Gasteiger partial charge in [-0.05, 0) is 36.4 Å². The van der Waals surface area contributed by atoms with Gasteiger partial charge < -0.3 is 14.5 Å². The number of halogens is 2. The molecule has 0 bridgehead atoms. The molecular formula is C22H17ClFN3O2. The second kappa shape index (κ2) is 8.32. The minimum atomic E-state index is -0.583. The van der Waals surface area contributed by atoms with Crippen molar-refractivity contribution in [3.8, 4) is 17.2 Å². The molecule has 0 saturated heterocycles. The van der Waals surface area contributed by atoms with Crippen LogP contribution >= 0.6 is 11.6 Å². The van der Waals surface area contributed by atoms with Crippen molar-refractivity contribution in [1.29, 1.82) is 0 Å². The average Bonchev–Trinajstić information content (AvgIpc) is 3.23. The van der Waals surface area contributed by atoms with Crippen LogP contribution in [0.2, 0.25) is 5.02 Å². The van der Waals surface area contributed by atoms with Crippen LogP contribution in [-0.4, -0.2) is 17.3 Å². The first kappa shape index (κ1) is 19.0. The van der Waals surface area contributed by atoms with Crippen LogP contribution in [0.25, 0.3) is 11.5 Å². The van der Waals surface area contributed by atoms with E-state index in [9.17, 15) is 4.39 Å². The maximum atomic E-state index is 13.6. The van der Waals surface area contributed by atoms with Gasteiger partial charge in [0.25, 0.3) is 0 Å². The van der Waals surface area contributed by atoms with Crippen molar-refractivity contribution in [2.75, 3.05) is 12.4 Å². The third-order valence-corrected chi connectivity index (χ3v) is 4.69. The van der Waals surface area contributed by atoms with Crippen LogP contribution in [0.3, 0.4) is 0 Å². The molecule has 0 spiro atoms. The van der Waals surface area contributed by atoms with Crippen molar-refractivity contribution in [1.82, 2.24) is 10.2 Å². The minimum Gasteiger partial charge on any atom is -0.497 e. The van der Waals surface area contributed by atoms with E-state index in [0.29, 0.717) is 23.1 Å². The van der Waals surface area contributed by atoms with Gasteiger partial charge in [0.05, 0.1) is 7.11 Å². The number of hydrogen-bond acceptors (Lipinski definition) is 5. The normalized spacial score (nSPS) is 11.8. The zero-order valence-corrected chi connectivity index (χ0v) is 16.2. The standard InChI is InChI=1S/C22H17ClFN3O2/c1-28-17-9-5-8-16(13-17)25-20(18-11-10-15(24)12-19(18)23)22-27-26-21(29-22)14-6-3-2-4-7-14/h2-13,20,25H,1H3/t20-/m1/s1. The number of anilines is 1. The Bertz CT molecular complexity index is 1120. The van der Waals surface area contributed by atoms with E-state index in [4.69, 9.17) is 20.8 Å². The molecule has 1 aromatic heterocycles. The molecule has 29 heavy (non-hydrogen) atoms. The fourth-order valence-electron chi connectivity index (χ4n) is 2.94. The molecule has 0 aliphatic heterocycles. The first-order valence-electron chi connectivity index (χ1n) is 8.88. The lowest BCUT2D eigenvalue weighted by atomic mass is 10.1. The molecule has 5 nitrogen and oxygen atoms in total. The fraction of sp³-hybridized carbons (Fsp3) is 0.0909. The Morgan fingerprint density at radius 3 is 2.59 bits per heavy atom. The summed E-state index contributed by atoms with van der Waals surface area (Å²) in [7, 11) is 1.59. The quantitative estimate of drug-likeness (QED) is 0.440. The van der Waals surface area contributed by atoms with Gasteiger partial charge in [0, 0.05) is 27.9 Å². The number of rotatable bonds is 6. The molecular weight excluding hydrogens is 393 g/mol. The van der Waals surface area contributed by atoms with Gasteiger partial charge in [-0.25, -0.2) is 4.39 Å². The molecule has 0 radical (unpaired) electrons. The molecule has 0 fully saturated rings. The van der Waals surface area contributed by atoms with Gasteiger partial charge in [-0.15, -0.1) is 10.2 Å². The van der Waals surface area contributed by atoms with Gasteiger partial charge in [-0.1, -0.05) is 41.9 Å². The van der Waals surface area contributed by atoms with E-state index in [2.05, 4.69) is 15.5 Å². The monoisotopic (exact) mass is 409 g/mol.